The maximum atomic E-state index is 12.1. The summed E-state index contributed by atoms with van der Waals surface area (Å²) in [5, 5.41) is 25.6. The van der Waals surface area contributed by atoms with Crippen molar-refractivity contribution in [3.05, 3.63) is 48.3 Å². The van der Waals surface area contributed by atoms with E-state index in [1.807, 2.05) is 45.0 Å². The molecular weight excluding hydrogens is 480 g/mol. The number of carbonyl (C=O) groups is 1. The Kier molecular flexibility index (Phi) is 5.43. The highest BCUT2D eigenvalue weighted by molar-refractivity contribution is 7.90. The van der Waals surface area contributed by atoms with E-state index in [1.165, 1.54) is 11.2 Å². The fourth-order valence-electron chi connectivity index (χ4n) is 5.28. The number of H-pyrrole nitrogens is 2. The topological polar surface area (TPSA) is 145 Å². The van der Waals surface area contributed by atoms with E-state index in [0.29, 0.717) is 35.9 Å². The molecule has 36 heavy (non-hydrogen) atoms. The summed E-state index contributed by atoms with van der Waals surface area (Å²) in [6.45, 7) is 6.50. The Balaban J connectivity index is 1.59. The van der Waals surface area contributed by atoms with Gasteiger partial charge in [0.1, 0.15) is 5.54 Å². The fourth-order valence-corrected chi connectivity index (χ4v) is 5.95. The Morgan fingerprint density at radius 1 is 1.08 bits per heavy atom. The number of aromatic nitrogens is 5. The van der Waals surface area contributed by atoms with Crippen molar-refractivity contribution in [2.24, 2.45) is 5.41 Å². The van der Waals surface area contributed by atoms with Crippen LogP contribution in [0.1, 0.15) is 39.4 Å². The number of carboxylic acid groups (broad SMARTS) is 1. The molecule has 1 aliphatic heterocycles. The maximum Gasteiger partial charge on any atom is 0.408 e. The lowest BCUT2D eigenvalue weighted by Gasteiger charge is -2.45. The van der Waals surface area contributed by atoms with Crippen molar-refractivity contribution >= 4 is 26.8 Å². The van der Waals surface area contributed by atoms with Crippen LogP contribution in [-0.4, -0.2) is 62.7 Å². The average molecular weight is 509 g/mol. The van der Waals surface area contributed by atoms with E-state index in [1.54, 1.807) is 18.2 Å². The van der Waals surface area contributed by atoms with Gasteiger partial charge in [-0.05, 0) is 48.6 Å². The van der Waals surface area contributed by atoms with Crippen LogP contribution in [-0.2, 0) is 15.4 Å². The van der Waals surface area contributed by atoms with Crippen molar-refractivity contribution < 1.29 is 18.3 Å². The molecule has 2 aromatic heterocycles. The summed E-state index contributed by atoms with van der Waals surface area (Å²) in [6.07, 6.45) is 1.60. The van der Waals surface area contributed by atoms with Crippen LogP contribution in [0.3, 0.4) is 0 Å². The number of sulfone groups is 1. The molecule has 1 amide bonds. The van der Waals surface area contributed by atoms with E-state index >= 15 is 0 Å². The third-order valence-electron chi connectivity index (χ3n) is 7.09. The fraction of sp³-hybridized carbons (Fsp3) is 0.360. The summed E-state index contributed by atoms with van der Waals surface area (Å²) in [6, 6.07) is 12.3. The Morgan fingerprint density at radius 2 is 1.86 bits per heavy atom. The molecule has 0 saturated carbocycles. The minimum Gasteiger partial charge on any atom is -0.465 e. The summed E-state index contributed by atoms with van der Waals surface area (Å²) < 4.78 is 24.1. The summed E-state index contributed by atoms with van der Waals surface area (Å²) in [5.74, 6) is 0.975. The van der Waals surface area contributed by atoms with Crippen molar-refractivity contribution in [1.29, 1.82) is 0 Å². The Morgan fingerprint density at radius 3 is 2.56 bits per heavy atom. The van der Waals surface area contributed by atoms with Crippen LogP contribution in [0.2, 0.25) is 0 Å². The van der Waals surface area contributed by atoms with Crippen molar-refractivity contribution in [1.82, 2.24) is 30.3 Å². The van der Waals surface area contributed by atoms with Crippen LogP contribution in [0.25, 0.3) is 33.5 Å². The molecule has 188 valence electrons. The van der Waals surface area contributed by atoms with Gasteiger partial charge in [0.25, 0.3) is 0 Å². The van der Waals surface area contributed by atoms with Crippen molar-refractivity contribution in [3.8, 4) is 22.6 Å². The summed E-state index contributed by atoms with van der Waals surface area (Å²) in [7, 11) is -3.36. The normalized spacial score (nSPS) is 18.7. The van der Waals surface area contributed by atoms with Crippen LogP contribution in [0.4, 0.5) is 4.79 Å². The number of rotatable bonds is 4. The summed E-state index contributed by atoms with van der Waals surface area (Å²) >= 11 is 0. The van der Waals surface area contributed by atoms with Gasteiger partial charge in [0.2, 0.25) is 0 Å². The highest BCUT2D eigenvalue weighted by Crippen LogP contribution is 2.50. The zero-order valence-electron chi connectivity index (χ0n) is 20.5. The van der Waals surface area contributed by atoms with E-state index in [2.05, 4.69) is 20.4 Å². The third-order valence-corrected chi connectivity index (χ3v) is 8.20. The van der Waals surface area contributed by atoms with E-state index in [4.69, 9.17) is 4.98 Å². The number of aromatic amines is 2. The maximum absolute atomic E-state index is 12.1. The smallest absolute Gasteiger partial charge is 0.408 e. The highest BCUT2D eigenvalue weighted by Gasteiger charge is 2.55. The van der Waals surface area contributed by atoms with Crippen LogP contribution in [0.5, 0.6) is 0 Å². The van der Waals surface area contributed by atoms with E-state index in [-0.39, 0.29) is 4.90 Å². The average Bonchev–Trinajstić information content (AvgIpc) is 3.55. The van der Waals surface area contributed by atoms with Crippen LogP contribution >= 0.6 is 0 Å². The standard InChI is InChI=1S/C25H28N6O4S/c1-24(2,3)25(11-6-12-31(25)23(32)33)22-26-21(29-30-22)16-9-10-19-18(14-16)20(28-27-19)15-7-5-8-17(13-15)36(4,34)35/h5,7-10,13-14H,6,11-12H2,1-4H3,(H,27,28)(H,32,33)(H,26,29,30). The predicted molar refractivity (Wildman–Crippen MR) is 135 cm³/mol. The monoisotopic (exact) mass is 508 g/mol. The molecule has 3 N–H and O–H groups in total. The van der Waals surface area contributed by atoms with Crippen LogP contribution in [0, 0.1) is 5.41 Å². The first-order chi connectivity index (χ1) is 16.9. The van der Waals surface area contributed by atoms with Gasteiger partial charge in [-0.25, -0.2) is 18.2 Å². The van der Waals surface area contributed by atoms with Crippen molar-refractivity contribution in [2.75, 3.05) is 12.8 Å². The van der Waals surface area contributed by atoms with E-state index < -0.39 is 26.9 Å². The van der Waals surface area contributed by atoms with Crippen LogP contribution in [0.15, 0.2) is 47.4 Å². The van der Waals surface area contributed by atoms with Gasteiger partial charge in [-0.1, -0.05) is 32.9 Å². The molecule has 1 saturated heterocycles. The first-order valence-corrected chi connectivity index (χ1v) is 13.5. The quantitative estimate of drug-likeness (QED) is 0.370. The lowest BCUT2D eigenvalue weighted by molar-refractivity contribution is 0.0213. The number of fused-ring (bicyclic) bond motifs is 1. The molecule has 1 fully saturated rings. The molecular formula is C25H28N6O4S. The zero-order valence-corrected chi connectivity index (χ0v) is 21.3. The molecule has 1 aliphatic rings. The second-order valence-corrected chi connectivity index (χ2v) is 12.3. The third kappa shape index (κ3) is 3.74. The van der Waals surface area contributed by atoms with Gasteiger partial charge in [-0.2, -0.15) is 10.2 Å². The molecule has 2 aromatic carbocycles. The Bertz CT molecular complexity index is 1580. The molecule has 10 nitrogen and oxygen atoms in total. The minimum atomic E-state index is -3.36. The molecule has 5 rings (SSSR count). The molecule has 1 unspecified atom stereocenters. The number of benzene rings is 2. The lowest BCUT2D eigenvalue weighted by atomic mass is 9.71. The SMILES string of the molecule is CC(C)(C)C1(c2nc(-c3ccc4[nH]nc(-c5cccc(S(C)(=O)=O)c5)c4c3)n[nH]2)CCCN1C(=O)O. The van der Waals surface area contributed by atoms with Gasteiger partial charge in [-0.15, -0.1) is 0 Å². The summed E-state index contributed by atoms with van der Waals surface area (Å²) in [4.78, 5) is 18.6. The second-order valence-electron chi connectivity index (χ2n) is 10.3. The van der Waals surface area contributed by atoms with Gasteiger partial charge in [0.05, 0.1) is 16.1 Å². The number of nitrogens with zero attached hydrogens (tertiary/aromatic N) is 4. The molecule has 0 radical (unpaired) electrons. The number of nitrogens with one attached hydrogen (secondary N) is 2. The molecule has 0 bridgehead atoms. The molecule has 0 spiro atoms. The minimum absolute atomic E-state index is 0.220. The molecule has 3 heterocycles. The summed E-state index contributed by atoms with van der Waals surface area (Å²) in [5.41, 5.74) is 1.58. The van der Waals surface area contributed by atoms with Crippen molar-refractivity contribution in [3.63, 3.8) is 0 Å². The first kappa shape index (κ1) is 24.0. The second kappa shape index (κ2) is 8.16. The van der Waals surface area contributed by atoms with Crippen LogP contribution < -0.4 is 0 Å². The van der Waals surface area contributed by atoms with Gasteiger partial charge in [-0.3, -0.25) is 15.1 Å². The predicted octanol–water partition coefficient (Wildman–Crippen LogP) is 4.43. The van der Waals surface area contributed by atoms with Gasteiger partial charge >= 0.3 is 6.09 Å². The van der Waals surface area contributed by atoms with Crippen molar-refractivity contribution in [2.45, 2.75) is 44.0 Å². The zero-order chi connectivity index (χ0) is 25.9. The largest absolute Gasteiger partial charge is 0.465 e. The molecule has 1 atom stereocenters. The number of hydrogen-bond donors (Lipinski definition) is 3. The molecule has 4 aromatic rings. The molecule has 0 aliphatic carbocycles. The van der Waals surface area contributed by atoms with Gasteiger partial charge < -0.3 is 5.11 Å². The highest BCUT2D eigenvalue weighted by atomic mass is 32.2. The number of amides is 1. The van der Waals surface area contributed by atoms with Gasteiger partial charge in [0, 0.05) is 29.3 Å². The van der Waals surface area contributed by atoms with Gasteiger partial charge in [0.15, 0.2) is 21.5 Å². The molecule has 11 heteroatoms. The number of hydrogen-bond acceptors (Lipinski definition) is 6. The Hall–Kier alpha value is -3.73. The van der Waals surface area contributed by atoms with E-state index in [0.717, 1.165) is 22.9 Å². The number of likely N-dealkylation sites (tertiary alicyclic amines) is 1. The van der Waals surface area contributed by atoms with E-state index in [9.17, 15) is 18.3 Å². The lowest BCUT2D eigenvalue weighted by Crippen LogP contribution is -2.53. The first-order valence-electron chi connectivity index (χ1n) is 11.6. The Labute approximate surface area is 208 Å².